The Balaban J connectivity index is 2.89. The van der Waals surface area contributed by atoms with Gasteiger partial charge in [0.2, 0.25) is 0 Å². The van der Waals surface area contributed by atoms with Crippen LogP contribution in [-0.4, -0.2) is 29.3 Å². The number of phenols is 1. The zero-order valence-corrected chi connectivity index (χ0v) is 8.67. The van der Waals surface area contributed by atoms with Crippen molar-refractivity contribution in [2.45, 2.75) is 12.5 Å². The van der Waals surface area contributed by atoms with Crippen LogP contribution in [-0.2, 0) is 11.2 Å². The van der Waals surface area contributed by atoms with Gasteiger partial charge >= 0.3 is 5.97 Å². The number of benzene rings is 1. The second kappa shape index (κ2) is 5.22. The fraction of sp³-hybridized carbons (Fsp3) is 0.300. The van der Waals surface area contributed by atoms with Gasteiger partial charge in [0.25, 0.3) is 0 Å². The lowest BCUT2D eigenvalue weighted by Crippen LogP contribution is -2.35. The van der Waals surface area contributed by atoms with Gasteiger partial charge in [0.15, 0.2) is 0 Å². The van der Waals surface area contributed by atoms with Crippen LogP contribution < -0.4 is 5.32 Å². The normalized spacial score (nSPS) is 12.1. The molecule has 0 aromatic heterocycles. The molecule has 1 aromatic rings. The second-order valence-corrected chi connectivity index (χ2v) is 3.30. The van der Waals surface area contributed by atoms with Gasteiger partial charge in [0, 0.05) is 0 Å². The summed E-state index contributed by atoms with van der Waals surface area (Å²) in [7, 11) is 1.54. The van der Waals surface area contributed by atoms with E-state index in [1.54, 1.807) is 6.07 Å². The first-order chi connectivity index (χ1) is 7.58. The van der Waals surface area contributed by atoms with Crippen molar-refractivity contribution in [2.75, 3.05) is 7.05 Å². The van der Waals surface area contributed by atoms with Crippen molar-refractivity contribution >= 4 is 11.7 Å². The maximum Gasteiger partial charge on any atom is 0.321 e. The summed E-state index contributed by atoms with van der Waals surface area (Å²) in [6.07, 6.45) is 0.217. The first-order valence-corrected chi connectivity index (χ1v) is 4.63. The number of aromatic hydroxyl groups is 1. The van der Waals surface area contributed by atoms with Crippen LogP contribution in [0.15, 0.2) is 23.4 Å². The predicted octanol–water partition coefficient (Wildman–Crippen LogP) is 1.01. The van der Waals surface area contributed by atoms with Crippen molar-refractivity contribution in [3.8, 4) is 5.75 Å². The van der Waals surface area contributed by atoms with E-state index in [1.165, 1.54) is 19.2 Å². The number of nitroso groups, excluding NO2 is 1. The molecule has 6 heteroatoms. The highest BCUT2D eigenvalue weighted by Crippen LogP contribution is 2.27. The van der Waals surface area contributed by atoms with E-state index in [0.29, 0.717) is 5.56 Å². The number of carboxylic acids is 1. The Kier molecular flexibility index (Phi) is 3.96. The molecule has 0 aliphatic heterocycles. The van der Waals surface area contributed by atoms with Crippen LogP contribution in [0.25, 0.3) is 0 Å². The van der Waals surface area contributed by atoms with Gasteiger partial charge in [-0.1, -0.05) is 6.07 Å². The molecule has 0 saturated carbocycles. The van der Waals surface area contributed by atoms with Gasteiger partial charge in [-0.25, -0.2) is 0 Å². The lowest BCUT2D eigenvalue weighted by Gasteiger charge is -2.11. The molecular formula is C10H12N2O4. The molecule has 0 aliphatic carbocycles. The lowest BCUT2D eigenvalue weighted by molar-refractivity contribution is -0.139. The topological polar surface area (TPSA) is 99.0 Å². The Labute approximate surface area is 91.9 Å². The Hall–Kier alpha value is -1.95. The van der Waals surface area contributed by atoms with Gasteiger partial charge in [0.1, 0.15) is 17.5 Å². The van der Waals surface area contributed by atoms with Crippen molar-refractivity contribution in [1.29, 1.82) is 0 Å². The molecule has 0 radical (unpaired) electrons. The largest absolute Gasteiger partial charge is 0.506 e. The summed E-state index contributed by atoms with van der Waals surface area (Å²) in [6.45, 7) is 0. The molecule has 1 aromatic carbocycles. The van der Waals surface area contributed by atoms with Crippen LogP contribution in [0.3, 0.4) is 0 Å². The van der Waals surface area contributed by atoms with Crippen molar-refractivity contribution in [1.82, 2.24) is 5.32 Å². The van der Waals surface area contributed by atoms with E-state index in [9.17, 15) is 14.8 Å². The summed E-state index contributed by atoms with van der Waals surface area (Å²) in [5, 5.41) is 23.3. The minimum Gasteiger partial charge on any atom is -0.506 e. The van der Waals surface area contributed by atoms with E-state index in [-0.39, 0.29) is 17.9 Å². The van der Waals surface area contributed by atoms with Gasteiger partial charge in [0.05, 0.1) is 0 Å². The molecule has 3 N–H and O–H groups in total. The summed E-state index contributed by atoms with van der Waals surface area (Å²) in [6, 6.07) is 3.51. The summed E-state index contributed by atoms with van der Waals surface area (Å²) in [5.74, 6) is -1.19. The van der Waals surface area contributed by atoms with E-state index < -0.39 is 12.0 Å². The maximum absolute atomic E-state index is 10.8. The lowest BCUT2D eigenvalue weighted by atomic mass is 10.1. The minimum atomic E-state index is -0.976. The van der Waals surface area contributed by atoms with E-state index in [1.807, 2.05) is 0 Å². The zero-order valence-electron chi connectivity index (χ0n) is 8.67. The van der Waals surface area contributed by atoms with Crippen LogP contribution in [0.4, 0.5) is 5.69 Å². The molecule has 0 bridgehead atoms. The number of carbonyl (C=O) groups is 1. The number of phenolic OH excluding ortho intramolecular Hbond substituents is 1. The molecule has 6 nitrogen and oxygen atoms in total. The Bertz CT molecular complexity index is 406. The van der Waals surface area contributed by atoms with Gasteiger partial charge in [-0.15, -0.1) is 4.91 Å². The van der Waals surface area contributed by atoms with Crippen LogP contribution in [0.1, 0.15) is 5.56 Å². The maximum atomic E-state index is 10.8. The van der Waals surface area contributed by atoms with Crippen LogP contribution in [0.5, 0.6) is 5.75 Å². The third-order valence-corrected chi connectivity index (χ3v) is 2.22. The standard InChI is InChI=1S/C10H12N2O4/c1-11-8(10(14)15)5-6-2-3-9(13)7(4-6)12-16/h2-4,8,11,13H,5H2,1H3,(H,14,15)/t8-/m0/s1. The van der Waals surface area contributed by atoms with Gasteiger partial charge < -0.3 is 15.5 Å². The Morgan fingerprint density at radius 3 is 2.75 bits per heavy atom. The van der Waals surface area contributed by atoms with Crippen molar-refractivity contribution in [3.05, 3.63) is 28.7 Å². The highest BCUT2D eigenvalue weighted by atomic mass is 16.4. The smallest absolute Gasteiger partial charge is 0.321 e. The first-order valence-electron chi connectivity index (χ1n) is 4.63. The predicted molar refractivity (Wildman–Crippen MR) is 57.7 cm³/mol. The number of rotatable bonds is 5. The van der Waals surface area contributed by atoms with Gasteiger partial charge in [-0.05, 0) is 36.3 Å². The highest BCUT2D eigenvalue weighted by molar-refractivity contribution is 5.74. The third kappa shape index (κ3) is 2.77. The number of nitrogens with zero attached hydrogens (tertiary/aromatic N) is 1. The van der Waals surface area contributed by atoms with E-state index in [4.69, 9.17) is 5.11 Å². The van der Waals surface area contributed by atoms with Gasteiger partial charge in [-0.2, -0.15) is 0 Å². The minimum absolute atomic E-state index is 0.0854. The van der Waals surface area contributed by atoms with E-state index in [2.05, 4.69) is 10.5 Å². The van der Waals surface area contributed by atoms with Crippen LogP contribution in [0.2, 0.25) is 0 Å². The molecule has 1 atom stereocenters. The molecular weight excluding hydrogens is 212 g/mol. The highest BCUT2D eigenvalue weighted by Gasteiger charge is 2.16. The molecule has 0 saturated heterocycles. The molecule has 0 heterocycles. The average molecular weight is 224 g/mol. The monoisotopic (exact) mass is 224 g/mol. The number of carboxylic acid groups (broad SMARTS) is 1. The van der Waals surface area contributed by atoms with Crippen molar-refractivity contribution < 1.29 is 15.0 Å². The van der Waals surface area contributed by atoms with Gasteiger partial charge in [-0.3, -0.25) is 4.79 Å². The molecule has 86 valence electrons. The summed E-state index contributed by atoms with van der Waals surface area (Å²) < 4.78 is 0. The fourth-order valence-corrected chi connectivity index (χ4v) is 1.32. The van der Waals surface area contributed by atoms with Crippen LogP contribution in [0, 0.1) is 4.91 Å². The first kappa shape index (κ1) is 12.1. The number of likely N-dealkylation sites (N-methyl/N-ethyl adjacent to an activating group) is 1. The van der Waals surface area contributed by atoms with Crippen molar-refractivity contribution in [3.63, 3.8) is 0 Å². The number of nitrogens with one attached hydrogen (secondary N) is 1. The molecule has 1 rings (SSSR count). The summed E-state index contributed by atoms with van der Waals surface area (Å²) >= 11 is 0. The molecule has 0 fully saturated rings. The quantitative estimate of drug-likeness (QED) is 0.648. The average Bonchev–Trinajstić information content (AvgIpc) is 2.27. The summed E-state index contributed by atoms with van der Waals surface area (Å²) in [4.78, 5) is 21.1. The summed E-state index contributed by atoms with van der Waals surface area (Å²) in [5.41, 5.74) is 0.534. The molecule has 0 aliphatic rings. The zero-order chi connectivity index (χ0) is 12.1. The third-order valence-electron chi connectivity index (χ3n) is 2.22. The molecule has 0 amide bonds. The number of hydrogen-bond acceptors (Lipinski definition) is 5. The number of aliphatic carboxylic acids is 1. The SMILES string of the molecule is CN[C@@H](Cc1ccc(O)c(N=O)c1)C(=O)O. The number of hydrogen-bond donors (Lipinski definition) is 3. The Morgan fingerprint density at radius 2 is 2.25 bits per heavy atom. The van der Waals surface area contributed by atoms with E-state index in [0.717, 1.165) is 0 Å². The van der Waals surface area contributed by atoms with Crippen molar-refractivity contribution in [2.24, 2.45) is 5.18 Å². The molecule has 0 unspecified atom stereocenters. The molecule has 0 spiro atoms. The molecule has 16 heavy (non-hydrogen) atoms. The van der Waals surface area contributed by atoms with E-state index >= 15 is 0 Å². The second-order valence-electron chi connectivity index (χ2n) is 3.30. The van der Waals surface area contributed by atoms with Crippen LogP contribution >= 0.6 is 0 Å². The fourth-order valence-electron chi connectivity index (χ4n) is 1.32. The Morgan fingerprint density at radius 1 is 1.56 bits per heavy atom.